The number of hydrogen-bond donors (Lipinski definition) is 1. The number of rotatable bonds is 6. The van der Waals surface area contributed by atoms with E-state index in [2.05, 4.69) is 39.9 Å². The van der Waals surface area contributed by atoms with Crippen molar-refractivity contribution in [3.8, 4) is 0 Å². The quantitative estimate of drug-likeness (QED) is 0.875. The number of amides is 1. The molecule has 0 radical (unpaired) electrons. The third-order valence-corrected chi connectivity index (χ3v) is 5.75. The van der Waals surface area contributed by atoms with Gasteiger partial charge in [-0.1, -0.05) is 6.07 Å². The Balaban J connectivity index is 1.51. The van der Waals surface area contributed by atoms with Crippen LogP contribution in [0.3, 0.4) is 0 Å². The van der Waals surface area contributed by atoms with Crippen molar-refractivity contribution in [1.29, 1.82) is 0 Å². The van der Waals surface area contributed by atoms with Crippen molar-refractivity contribution in [2.45, 2.75) is 31.7 Å². The number of carbonyl (C=O) groups excluding carboxylic acids is 1. The van der Waals surface area contributed by atoms with Gasteiger partial charge in [0.25, 0.3) is 0 Å². The maximum atomic E-state index is 12.2. The van der Waals surface area contributed by atoms with Crippen LogP contribution in [0.4, 0.5) is 0 Å². The molecule has 0 spiro atoms. The molecule has 1 fully saturated rings. The van der Waals surface area contributed by atoms with Crippen molar-refractivity contribution in [2.75, 3.05) is 20.1 Å². The molecule has 2 aromatic rings. The average Bonchev–Trinajstić information content (AvgIpc) is 3.22. The summed E-state index contributed by atoms with van der Waals surface area (Å²) in [5, 5.41) is 9.44. The zero-order valence-electron chi connectivity index (χ0n) is 14.4. The molecule has 2 aromatic heterocycles. The Hall–Kier alpha value is -1.66. The van der Waals surface area contributed by atoms with Gasteiger partial charge in [-0.3, -0.25) is 14.4 Å². The topological polar surface area (TPSA) is 50.2 Å². The molecule has 2 atom stereocenters. The predicted molar refractivity (Wildman–Crippen MR) is 97.0 cm³/mol. The molecule has 0 aromatic carbocycles. The van der Waals surface area contributed by atoms with Crippen molar-refractivity contribution in [3.05, 3.63) is 40.3 Å². The molecule has 1 aliphatic rings. The van der Waals surface area contributed by atoms with Crippen LogP contribution in [0.1, 0.15) is 35.7 Å². The average molecular weight is 346 g/mol. The minimum absolute atomic E-state index is 0.136. The Kier molecular flexibility index (Phi) is 5.68. The summed E-state index contributed by atoms with van der Waals surface area (Å²) in [6.45, 7) is 1.90. The van der Waals surface area contributed by atoms with Gasteiger partial charge in [-0.05, 0) is 55.8 Å². The van der Waals surface area contributed by atoms with Crippen LogP contribution < -0.4 is 5.32 Å². The first-order valence-corrected chi connectivity index (χ1v) is 9.49. The maximum Gasteiger partial charge on any atom is 0.220 e. The molecule has 3 heterocycles. The van der Waals surface area contributed by atoms with Crippen LogP contribution in [0.5, 0.6) is 0 Å². The van der Waals surface area contributed by atoms with Crippen LogP contribution in [0, 0.1) is 5.92 Å². The summed E-state index contributed by atoms with van der Waals surface area (Å²) in [6, 6.07) is 4.76. The van der Waals surface area contributed by atoms with Gasteiger partial charge in [-0.15, -0.1) is 11.3 Å². The lowest BCUT2D eigenvalue weighted by Gasteiger charge is -2.38. The standard InChI is InChI=1S/C18H26N4OS/c1-21-9-3-5-15(18(21)16-6-4-10-24-16)12-19-17(23)8-7-14-11-20-22(2)13-14/h4,6,10-11,13,15,18H,3,5,7-9,12H2,1-2H3,(H,19,23)/t15-,18-/m1/s1. The monoisotopic (exact) mass is 346 g/mol. The van der Waals surface area contributed by atoms with Crippen LogP contribution in [-0.2, 0) is 18.3 Å². The predicted octanol–water partition coefficient (Wildman–Crippen LogP) is 2.61. The SMILES string of the molecule is CN1CCC[C@H](CNC(=O)CCc2cnn(C)c2)[C@@H]1c1cccs1. The minimum atomic E-state index is 0.136. The lowest BCUT2D eigenvalue weighted by molar-refractivity contribution is -0.121. The fraction of sp³-hybridized carbons (Fsp3) is 0.556. The van der Waals surface area contributed by atoms with E-state index in [9.17, 15) is 4.79 Å². The largest absolute Gasteiger partial charge is 0.356 e. The normalized spacial score (nSPS) is 21.8. The fourth-order valence-electron chi connectivity index (χ4n) is 3.57. The number of likely N-dealkylation sites (tertiary alicyclic amines) is 1. The van der Waals surface area contributed by atoms with E-state index in [0.29, 0.717) is 18.4 Å². The molecule has 1 aliphatic heterocycles. The van der Waals surface area contributed by atoms with Crippen LogP contribution in [0.15, 0.2) is 29.9 Å². The van der Waals surface area contributed by atoms with Gasteiger partial charge in [0, 0.05) is 37.1 Å². The van der Waals surface area contributed by atoms with Crippen LogP contribution in [0.25, 0.3) is 0 Å². The lowest BCUT2D eigenvalue weighted by atomic mass is 9.88. The molecule has 0 aliphatic carbocycles. The summed E-state index contributed by atoms with van der Waals surface area (Å²) in [5.74, 6) is 0.627. The number of aryl methyl sites for hydroxylation is 2. The highest BCUT2D eigenvalue weighted by Crippen LogP contribution is 2.36. The van der Waals surface area contributed by atoms with Crippen LogP contribution in [-0.4, -0.2) is 40.7 Å². The Labute approximate surface area is 147 Å². The number of thiophene rings is 1. The first kappa shape index (κ1) is 17.2. The van der Waals surface area contributed by atoms with Crippen molar-refractivity contribution in [2.24, 2.45) is 13.0 Å². The highest BCUT2D eigenvalue weighted by molar-refractivity contribution is 7.10. The molecule has 24 heavy (non-hydrogen) atoms. The Bertz CT molecular complexity index is 652. The Morgan fingerprint density at radius 3 is 3.04 bits per heavy atom. The number of carbonyl (C=O) groups is 1. The highest BCUT2D eigenvalue weighted by Gasteiger charge is 2.31. The molecular formula is C18H26N4OS. The van der Waals surface area contributed by atoms with Crippen molar-refractivity contribution >= 4 is 17.2 Å². The molecule has 6 heteroatoms. The van der Waals surface area contributed by atoms with Gasteiger partial charge in [0.15, 0.2) is 0 Å². The van der Waals surface area contributed by atoms with Gasteiger partial charge in [0.05, 0.1) is 6.20 Å². The summed E-state index contributed by atoms with van der Waals surface area (Å²) in [4.78, 5) is 16.0. The lowest BCUT2D eigenvalue weighted by Crippen LogP contribution is -2.41. The number of hydrogen-bond acceptors (Lipinski definition) is 4. The van der Waals surface area contributed by atoms with E-state index in [4.69, 9.17) is 0 Å². The van der Waals surface area contributed by atoms with E-state index in [1.807, 2.05) is 30.8 Å². The zero-order chi connectivity index (χ0) is 16.9. The third kappa shape index (κ3) is 4.24. The number of piperidine rings is 1. The van der Waals surface area contributed by atoms with E-state index in [1.54, 1.807) is 4.68 Å². The first-order chi connectivity index (χ1) is 11.6. The Morgan fingerprint density at radius 2 is 2.33 bits per heavy atom. The van der Waals surface area contributed by atoms with Crippen molar-refractivity contribution in [3.63, 3.8) is 0 Å². The van der Waals surface area contributed by atoms with Gasteiger partial charge < -0.3 is 5.32 Å². The van der Waals surface area contributed by atoms with Gasteiger partial charge in [-0.2, -0.15) is 5.10 Å². The van der Waals surface area contributed by atoms with Crippen LogP contribution >= 0.6 is 11.3 Å². The molecule has 3 rings (SSSR count). The minimum Gasteiger partial charge on any atom is -0.356 e. The van der Waals surface area contributed by atoms with E-state index < -0.39 is 0 Å². The summed E-state index contributed by atoms with van der Waals surface area (Å²) in [6.07, 6.45) is 7.45. The number of aromatic nitrogens is 2. The molecule has 130 valence electrons. The maximum absolute atomic E-state index is 12.2. The van der Waals surface area contributed by atoms with Crippen LogP contribution in [0.2, 0.25) is 0 Å². The van der Waals surface area contributed by atoms with E-state index in [1.165, 1.54) is 17.7 Å². The molecule has 1 N–H and O–H groups in total. The molecule has 0 unspecified atom stereocenters. The van der Waals surface area contributed by atoms with Crippen molar-refractivity contribution < 1.29 is 4.79 Å². The summed E-state index contributed by atoms with van der Waals surface area (Å²) in [5.41, 5.74) is 1.11. The van der Waals surface area contributed by atoms with Gasteiger partial charge >= 0.3 is 0 Å². The molecular weight excluding hydrogens is 320 g/mol. The number of nitrogens with one attached hydrogen (secondary N) is 1. The smallest absolute Gasteiger partial charge is 0.220 e. The second kappa shape index (κ2) is 7.94. The first-order valence-electron chi connectivity index (χ1n) is 8.61. The molecule has 5 nitrogen and oxygen atoms in total. The molecule has 0 bridgehead atoms. The molecule has 1 saturated heterocycles. The van der Waals surface area contributed by atoms with Gasteiger partial charge in [-0.25, -0.2) is 0 Å². The van der Waals surface area contributed by atoms with Gasteiger partial charge in [0.2, 0.25) is 5.91 Å². The Morgan fingerprint density at radius 1 is 1.46 bits per heavy atom. The highest BCUT2D eigenvalue weighted by atomic mass is 32.1. The third-order valence-electron chi connectivity index (χ3n) is 4.80. The number of nitrogens with zero attached hydrogens (tertiary/aromatic N) is 3. The fourth-order valence-corrected chi connectivity index (χ4v) is 4.56. The summed E-state index contributed by atoms with van der Waals surface area (Å²) in [7, 11) is 4.09. The second-order valence-electron chi connectivity index (χ2n) is 6.67. The van der Waals surface area contributed by atoms with Crippen molar-refractivity contribution in [1.82, 2.24) is 20.0 Å². The van der Waals surface area contributed by atoms with Gasteiger partial charge in [0.1, 0.15) is 0 Å². The zero-order valence-corrected chi connectivity index (χ0v) is 15.3. The van der Waals surface area contributed by atoms with E-state index in [0.717, 1.165) is 25.1 Å². The van der Waals surface area contributed by atoms with E-state index >= 15 is 0 Å². The molecule has 0 saturated carbocycles. The second-order valence-corrected chi connectivity index (χ2v) is 7.65. The summed E-state index contributed by atoms with van der Waals surface area (Å²) >= 11 is 1.82. The molecule has 1 amide bonds. The summed E-state index contributed by atoms with van der Waals surface area (Å²) < 4.78 is 1.77. The van der Waals surface area contributed by atoms with E-state index in [-0.39, 0.29) is 5.91 Å².